The number of rotatable bonds is 5. The van der Waals surface area contributed by atoms with Crippen LogP contribution in [0.5, 0.6) is 0 Å². The lowest BCUT2D eigenvalue weighted by molar-refractivity contribution is -0.138. The number of aryl methyl sites for hydroxylation is 2. The fourth-order valence-corrected chi connectivity index (χ4v) is 4.39. The quantitative estimate of drug-likeness (QED) is 0.263. The maximum absolute atomic E-state index is 13.9. The Morgan fingerprint density at radius 3 is 2.57 bits per heavy atom. The third-order valence-corrected chi connectivity index (χ3v) is 6.67. The highest BCUT2D eigenvalue weighted by molar-refractivity contribution is 6.04. The van der Waals surface area contributed by atoms with E-state index in [-0.39, 0.29) is 23.4 Å². The molecule has 1 aliphatic rings. The molecule has 0 radical (unpaired) electrons. The molecule has 2 aromatic heterocycles. The molecule has 0 fully saturated rings. The predicted octanol–water partition coefficient (Wildman–Crippen LogP) is 5.80. The minimum absolute atomic E-state index is 0.0105. The number of nitrogens with one attached hydrogen (secondary N) is 3. The fourth-order valence-electron chi connectivity index (χ4n) is 4.39. The second-order valence-corrected chi connectivity index (χ2v) is 9.93. The average Bonchev–Trinajstić information content (AvgIpc) is 3.38. The highest BCUT2D eigenvalue weighted by atomic mass is 19.4. The number of carbonyl (C=O) groups is 1. The number of hydrogen-bond donors (Lipinski definition) is 3. The number of allylic oxidation sites excluding steroid dienone is 2. The van der Waals surface area contributed by atoms with Crippen LogP contribution in [0.2, 0.25) is 0 Å². The first-order valence-corrected chi connectivity index (χ1v) is 13.1. The summed E-state index contributed by atoms with van der Waals surface area (Å²) in [4.78, 5) is 17.5. The molecular formula is C31H28F3N7O. The summed E-state index contributed by atoms with van der Waals surface area (Å²) in [6, 6.07) is 10.7. The third kappa shape index (κ3) is 6.23. The molecule has 1 aliphatic heterocycles. The van der Waals surface area contributed by atoms with Crippen molar-refractivity contribution in [2.45, 2.75) is 33.5 Å². The van der Waals surface area contributed by atoms with E-state index in [1.54, 1.807) is 59.4 Å². The van der Waals surface area contributed by atoms with E-state index in [2.05, 4.69) is 38.0 Å². The Labute approximate surface area is 240 Å². The van der Waals surface area contributed by atoms with Gasteiger partial charge in [-0.25, -0.2) is 4.52 Å². The first-order valence-electron chi connectivity index (χ1n) is 13.1. The number of aromatic nitrogens is 3. The van der Waals surface area contributed by atoms with Crippen LogP contribution in [0.25, 0.3) is 5.65 Å². The average molecular weight is 572 g/mol. The van der Waals surface area contributed by atoms with Crippen LogP contribution in [0.15, 0.2) is 72.7 Å². The van der Waals surface area contributed by atoms with Crippen LogP contribution in [0.3, 0.4) is 0 Å². The van der Waals surface area contributed by atoms with E-state index < -0.39 is 17.6 Å². The van der Waals surface area contributed by atoms with E-state index in [0.717, 1.165) is 22.8 Å². The number of alkyl halides is 3. The molecule has 214 valence electrons. The molecule has 42 heavy (non-hydrogen) atoms. The summed E-state index contributed by atoms with van der Waals surface area (Å²) >= 11 is 0. The van der Waals surface area contributed by atoms with Crippen LogP contribution in [-0.2, 0) is 12.7 Å². The van der Waals surface area contributed by atoms with Gasteiger partial charge in [-0.05, 0) is 79.4 Å². The summed E-state index contributed by atoms with van der Waals surface area (Å²) in [5.74, 6) is 6.17. The molecule has 4 aromatic rings. The highest BCUT2D eigenvalue weighted by Gasteiger charge is 2.34. The zero-order valence-corrected chi connectivity index (χ0v) is 23.4. The van der Waals surface area contributed by atoms with Crippen molar-refractivity contribution in [3.8, 4) is 11.8 Å². The third-order valence-electron chi connectivity index (χ3n) is 6.67. The zero-order chi connectivity index (χ0) is 30.0. The fraction of sp³-hybridized carbons (Fsp3) is 0.194. The second-order valence-electron chi connectivity index (χ2n) is 9.93. The maximum atomic E-state index is 13.9. The van der Waals surface area contributed by atoms with E-state index >= 15 is 0 Å². The molecule has 0 unspecified atom stereocenters. The number of halogens is 3. The first-order chi connectivity index (χ1) is 20.0. The van der Waals surface area contributed by atoms with E-state index in [4.69, 9.17) is 0 Å². The molecular weight excluding hydrogens is 543 g/mol. The van der Waals surface area contributed by atoms with Crippen LogP contribution < -0.4 is 16.1 Å². The Bertz CT molecular complexity index is 1810. The summed E-state index contributed by atoms with van der Waals surface area (Å²) in [6.45, 7) is 5.66. The minimum atomic E-state index is -4.60. The molecule has 0 saturated heterocycles. The Hall–Kier alpha value is -5.24. The lowest BCUT2D eigenvalue weighted by Crippen LogP contribution is -2.31. The van der Waals surface area contributed by atoms with E-state index in [0.29, 0.717) is 22.7 Å². The Kier molecular flexibility index (Phi) is 7.63. The van der Waals surface area contributed by atoms with Gasteiger partial charge in [0.15, 0.2) is 5.65 Å². The number of nitrogens with zero attached hydrogens (tertiary/aromatic N) is 4. The summed E-state index contributed by atoms with van der Waals surface area (Å²) in [6.07, 6.45) is 2.35. The van der Waals surface area contributed by atoms with Gasteiger partial charge in [-0.3, -0.25) is 9.80 Å². The molecule has 1 amide bonds. The molecule has 0 saturated carbocycles. The number of hydrogen-bond acceptors (Lipinski definition) is 6. The monoisotopic (exact) mass is 571 g/mol. The summed E-state index contributed by atoms with van der Waals surface area (Å²) in [5, 5.41) is 11.4. The van der Waals surface area contributed by atoms with E-state index in [9.17, 15) is 18.0 Å². The molecule has 0 spiro atoms. The molecule has 8 nitrogen and oxygen atoms in total. The van der Waals surface area contributed by atoms with Gasteiger partial charge in [0.2, 0.25) is 5.95 Å². The SMILES string of the molecule is CNc1nc2c(C)cc(C#Cc3cc(C(=O)Nc4ccc(CN5C=CC(C)=CN5)c(C(F)(F)F)c4)ccc3C)cn2n1. The van der Waals surface area contributed by atoms with E-state index in [1.807, 2.05) is 26.8 Å². The van der Waals surface area contributed by atoms with E-state index in [1.165, 1.54) is 12.1 Å². The summed E-state index contributed by atoms with van der Waals surface area (Å²) in [5.41, 5.74) is 7.25. The van der Waals surface area contributed by atoms with Gasteiger partial charge in [0, 0.05) is 48.0 Å². The molecule has 3 heterocycles. The summed E-state index contributed by atoms with van der Waals surface area (Å²) in [7, 11) is 1.74. The standard InChI is InChI=1S/C31H28F3N7O/c1-19-11-12-40(36-16-19)18-25-9-10-26(15-27(25)31(32,33)34)37-29(42)24-7-5-20(2)23(14-24)8-6-22-13-21(3)28-38-30(35-4)39-41(28)17-22/h5,7,9-17,36H,18H2,1-4H3,(H,35,39)(H,37,42). The van der Waals surface area contributed by atoms with Gasteiger partial charge in [0.25, 0.3) is 5.91 Å². The van der Waals surface area contributed by atoms with Crippen molar-refractivity contribution < 1.29 is 18.0 Å². The van der Waals surface area contributed by atoms with Gasteiger partial charge in [-0.2, -0.15) is 18.2 Å². The zero-order valence-electron chi connectivity index (χ0n) is 23.4. The van der Waals surface area contributed by atoms with Crippen molar-refractivity contribution in [1.82, 2.24) is 25.0 Å². The molecule has 3 N–H and O–H groups in total. The van der Waals surface area contributed by atoms with Gasteiger partial charge in [0.1, 0.15) is 0 Å². The van der Waals surface area contributed by atoms with Crippen molar-refractivity contribution >= 4 is 23.2 Å². The lowest BCUT2D eigenvalue weighted by Gasteiger charge is -2.25. The van der Waals surface area contributed by atoms with Crippen LogP contribution in [0.1, 0.15) is 50.7 Å². The van der Waals surface area contributed by atoms with Crippen molar-refractivity contribution in [2.24, 2.45) is 0 Å². The van der Waals surface area contributed by atoms with Crippen molar-refractivity contribution in [1.29, 1.82) is 0 Å². The second kappa shape index (κ2) is 11.3. The largest absolute Gasteiger partial charge is 0.416 e. The molecule has 0 aliphatic carbocycles. The van der Waals surface area contributed by atoms with Crippen molar-refractivity contribution in [2.75, 3.05) is 17.7 Å². The van der Waals surface area contributed by atoms with Gasteiger partial charge in [-0.15, -0.1) is 5.10 Å². The van der Waals surface area contributed by atoms with Crippen LogP contribution in [0.4, 0.5) is 24.8 Å². The predicted molar refractivity (Wildman–Crippen MR) is 155 cm³/mol. The van der Waals surface area contributed by atoms with Crippen molar-refractivity contribution in [3.05, 3.63) is 112 Å². The number of benzene rings is 2. The van der Waals surface area contributed by atoms with Gasteiger partial charge in [-0.1, -0.05) is 24.0 Å². The lowest BCUT2D eigenvalue weighted by atomic mass is 10.0. The molecule has 5 rings (SSSR count). The number of pyridine rings is 1. The Morgan fingerprint density at radius 1 is 1.05 bits per heavy atom. The highest BCUT2D eigenvalue weighted by Crippen LogP contribution is 2.34. The number of carbonyl (C=O) groups excluding carboxylic acids is 1. The first kappa shape index (κ1) is 28.3. The topological polar surface area (TPSA) is 86.6 Å². The van der Waals surface area contributed by atoms with Crippen LogP contribution in [0, 0.1) is 25.7 Å². The normalized spacial score (nSPS) is 12.8. The Morgan fingerprint density at radius 2 is 1.86 bits per heavy atom. The number of fused-ring (bicyclic) bond motifs is 1. The summed E-state index contributed by atoms with van der Waals surface area (Å²) < 4.78 is 43.5. The number of hydrazine groups is 1. The van der Waals surface area contributed by atoms with Gasteiger partial charge >= 0.3 is 6.18 Å². The number of amides is 1. The molecule has 11 heteroatoms. The van der Waals surface area contributed by atoms with Gasteiger partial charge < -0.3 is 16.1 Å². The smallest absolute Gasteiger partial charge is 0.356 e. The van der Waals surface area contributed by atoms with Crippen LogP contribution in [-0.4, -0.2) is 32.6 Å². The molecule has 2 aromatic carbocycles. The Balaban J connectivity index is 1.36. The van der Waals surface area contributed by atoms with Crippen molar-refractivity contribution in [3.63, 3.8) is 0 Å². The number of anilines is 2. The molecule has 0 bridgehead atoms. The van der Waals surface area contributed by atoms with Crippen LogP contribution >= 0.6 is 0 Å². The minimum Gasteiger partial charge on any atom is -0.356 e. The molecule has 0 atom stereocenters. The van der Waals surface area contributed by atoms with Gasteiger partial charge in [0.05, 0.1) is 12.1 Å². The maximum Gasteiger partial charge on any atom is 0.416 e.